The fourth-order valence-corrected chi connectivity index (χ4v) is 1.91. The van der Waals surface area contributed by atoms with Crippen molar-refractivity contribution in [2.75, 3.05) is 5.32 Å². The summed E-state index contributed by atoms with van der Waals surface area (Å²) < 4.78 is 1.56. The van der Waals surface area contributed by atoms with E-state index >= 15 is 0 Å². The molecule has 96 valence electrons. The number of primary amides is 1. The molecule has 1 rings (SSSR count). The molecule has 1 aromatic heterocycles. The Hall–Kier alpha value is -1.52. The van der Waals surface area contributed by atoms with E-state index in [0.717, 1.165) is 31.4 Å². The van der Waals surface area contributed by atoms with E-state index in [1.165, 1.54) is 0 Å². The average molecular weight is 238 g/mol. The molecule has 0 unspecified atom stereocenters. The molecule has 0 saturated heterocycles. The Bertz CT molecular complexity index is 342. The van der Waals surface area contributed by atoms with Gasteiger partial charge in [-0.05, 0) is 12.8 Å². The SMILES string of the molecule is CCCC(CCC)Nc1cnn(CC(N)=O)c1. The van der Waals surface area contributed by atoms with E-state index in [0.29, 0.717) is 6.04 Å². The molecule has 0 atom stereocenters. The number of hydrogen-bond acceptors (Lipinski definition) is 3. The van der Waals surface area contributed by atoms with Crippen molar-refractivity contribution in [2.24, 2.45) is 5.73 Å². The Kier molecular flexibility index (Phi) is 5.52. The molecule has 1 aromatic rings. The monoisotopic (exact) mass is 238 g/mol. The number of carbonyl (C=O) groups is 1. The molecular formula is C12H22N4O. The van der Waals surface area contributed by atoms with Crippen LogP contribution in [0.1, 0.15) is 39.5 Å². The number of amides is 1. The Balaban J connectivity index is 2.53. The molecule has 0 spiro atoms. The lowest BCUT2D eigenvalue weighted by Crippen LogP contribution is -2.19. The van der Waals surface area contributed by atoms with E-state index in [4.69, 9.17) is 5.73 Å². The van der Waals surface area contributed by atoms with Crippen molar-refractivity contribution in [1.82, 2.24) is 9.78 Å². The zero-order valence-corrected chi connectivity index (χ0v) is 10.6. The third-order valence-electron chi connectivity index (χ3n) is 2.60. The number of carbonyl (C=O) groups excluding carboxylic acids is 1. The summed E-state index contributed by atoms with van der Waals surface area (Å²) in [4.78, 5) is 10.7. The molecule has 0 bridgehead atoms. The summed E-state index contributed by atoms with van der Waals surface area (Å²) in [5.74, 6) is -0.377. The standard InChI is InChI=1S/C12H22N4O/c1-3-5-10(6-4-2)15-11-7-14-16(8-11)9-12(13)17/h7-8,10,15H,3-6,9H2,1-2H3,(H2,13,17). The molecule has 0 saturated carbocycles. The lowest BCUT2D eigenvalue weighted by molar-refractivity contribution is -0.118. The number of hydrogen-bond donors (Lipinski definition) is 2. The molecule has 3 N–H and O–H groups in total. The van der Waals surface area contributed by atoms with Gasteiger partial charge in [0, 0.05) is 12.2 Å². The Labute approximate surface area is 102 Å². The van der Waals surface area contributed by atoms with Gasteiger partial charge in [0.05, 0.1) is 11.9 Å². The molecule has 0 aliphatic heterocycles. The van der Waals surface area contributed by atoms with Crippen LogP contribution in [0.25, 0.3) is 0 Å². The Morgan fingerprint density at radius 1 is 1.47 bits per heavy atom. The van der Waals surface area contributed by atoms with Crippen molar-refractivity contribution in [2.45, 2.75) is 52.1 Å². The third kappa shape index (κ3) is 4.89. The number of aromatic nitrogens is 2. The molecule has 5 nitrogen and oxygen atoms in total. The van der Waals surface area contributed by atoms with E-state index in [1.807, 2.05) is 6.20 Å². The average Bonchev–Trinajstić information content (AvgIpc) is 2.65. The van der Waals surface area contributed by atoms with Crippen molar-refractivity contribution < 1.29 is 4.79 Å². The number of nitrogens with two attached hydrogens (primary N) is 1. The zero-order valence-electron chi connectivity index (χ0n) is 10.6. The van der Waals surface area contributed by atoms with Gasteiger partial charge in [-0.1, -0.05) is 26.7 Å². The molecule has 0 fully saturated rings. The first kappa shape index (κ1) is 13.5. The van der Waals surface area contributed by atoms with Crippen molar-refractivity contribution in [1.29, 1.82) is 0 Å². The van der Waals surface area contributed by atoms with Crippen LogP contribution in [0.5, 0.6) is 0 Å². The molecular weight excluding hydrogens is 216 g/mol. The van der Waals surface area contributed by atoms with Gasteiger partial charge >= 0.3 is 0 Å². The Morgan fingerprint density at radius 2 is 2.12 bits per heavy atom. The van der Waals surface area contributed by atoms with Crippen LogP contribution in [0, 0.1) is 0 Å². The molecule has 0 aliphatic carbocycles. The molecule has 0 aromatic carbocycles. The minimum absolute atomic E-state index is 0.133. The van der Waals surface area contributed by atoms with Crippen LogP contribution >= 0.6 is 0 Å². The normalized spacial score (nSPS) is 10.8. The summed E-state index contributed by atoms with van der Waals surface area (Å²) in [6, 6.07) is 0.483. The van der Waals surface area contributed by atoms with E-state index < -0.39 is 0 Å². The first-order valence-electron chi connectivity index (χ1n) is 6.23. The lowest BCUT2D eigenvalue weighted by Gasteiger charge is -2.16. The number of anilines is 1. The highest BCUT2D eigenvalue weighted by Crippen LogP contribution is 2.13. The van der Waals surface area contributed by atoms with Crippen LogP contribution in [0.3, 0.4) is 0 Å². The van der Waals surface area contributed by atoms with Crippen LogP contribution in [-0.2, 0) is 11.3 Å². The second kappa shape index (κ2) is 6.93. The minimum atomic E-state index is -0.377. The van der Waals surface area contributed by atoms with Gasteiger partial charge in [-0.2, -0.15) is 5.10 Å². The van der Waals surface area contributed by atoms with Crippen LogP contribution < -0.4 is 11.1 Å². The van der Waals surface area contributed by atoms with E-state index in [9.17, 15) is 4.79 Å². The summed E-state index contributed by atoms with van der Waals surface area (Å²) in [6.07, 6.45) is 8.17. The highest BCUT2D eigenvalue weighted by molar-refractivity contribution is 5.73. The molecule has 5 heteroatoms. The Morgan fingerprint density at radius 3 is 2.65 bits per heavy atom. The van der Waals surface area contributed by atoms with Gasteiger partial charge in [-0.15, -0.1) is 0 Å². The van der Waals surface area contributed by atoms with Crippen LogP contribution in [0.15, 0.2) is 12.4 Å². The van der Waals surface area contributed by atoms with E-state index in [2.05, 4.69) is 24.3 Å². The smallest absolute Gasteiger partial charge is 0.239 e. The summed E-state index contributed by atoms with van der Waals surface area (Å²) in [6.45, 7) is 4.50. The molecule has 0 radical (unpaired) electrons. The first-order valence-corrected chi connectivity index (χ1v) is 6.23. The topological polar surface area (TPSA) is 72.9 Å². The zero-order chi connectivity index (χ0) is 12.7. The molecule has 1 heterocycles. The first-order chi connectivity index (χ1) is 8.15. The predicted molar refractivity (Wildman–Crippen MR) is 68.6 cm³/mol. The van der Waals surface area contributed by atoms with Gasteiger partial charge in [-0.25, -0.2) is 0 Å². The summed E-state index contributed by atoms with van der Waals surface area (Å²) >= 11 is 0. The number of rotatable bonds is 8. The quantitative estimate of drug-likeness (QED) is 0.724. The summed E-state index contributed by atoms with van der Waals surface area (Å²) in [5.41, 5.74) is 6.07. The fraction of sp³-hybridized carbons (Fsp3) is 0.667. The molecule has 17 heavy (non-hydrogen) atoms. The van der Waals surface area contributed by atoms with Gasteiger partial charge in [0.1, 0.15) is 6.54 Å². The summed E-state index contributed by atoms with van der Waals surface area (Å²) in [7, 11) is 0. The molecule has 0 aliphatic rings. The van der Waals surface area contributed by atoms with Crippen molar-refractivity contribution in [3.8, 4) is 0 Å². The van der Waals surface area contributed by atoms with Crippen molar-refractivity contribution in [3.63, 3.8) is 0 Å². The van der Waals surface area contributed by atoms with E-state index in [-0.39, 0.29) is 12.5 Å². The largest absolute Gasteiger partial charge is 0.380 e. The van der Waals surface area contributed by atoms with Gasteiger partial charge in [-0.3, -0.25) is 9.48 Å². The highest BCUT2D eigenvalue weighted by atomic mass is 16.1. The van der Waals surface area contributed by atoms with Crippen molar-refractivity contribution in [3.05, 3.63) is 12.4 Å². The van der Waals surface area contributed by atoms with Gasteiger partial charge in [0.25, 0.3) is 0 Å². The summed E-state index contributed by atoms with van der Waals surface area (Å²) in [5, 5.41) is 7.52. The third-order valence-corrected chi connectivity index (χ3v) is 2.60. The maximum absolute atomic E-state index is 10.7. The second-order valence-corrected chi connectivity index (χ2v) is 4.31. The van der Waals surface area contributed by atoms with E-state index in [1.54, 1.807) is 10.9 Å². The van der Waals surface area contributed by atoms with Gasteiger partial charge in [0.15, 0.2) is 0 Å². The predicted octanol–water partition coefficient (Wildman–Crippen LogP) is 1.75. The molecule has 1 amide bonds. The lowest BCUT2D eigenvalue weighted by atomic mass is 10.1. The van der Waals surface area contributed by atoms with Crippen molar-refractivity contribution >= 4 is 11.6 Å². The second-order valence-electron chi connectivity index (χ2n) is 4.31. The van der Waals surface area contributed by atoms with Crippen LogP contribution in [-0.4, -0.2) is 21.7 Å². The van der Waals surface area contributed by atoms with Gasteiger partial charge in [0.2, 0.25) is 5.91 Å². The number of nitrogens with one attached hydrogen (secondary N) is 1. The van der Waals surface area contributed by atoms with Crippen LogP contribution in [0.4, 0.5) is 5.69 Å². The number of nitrogens with zero attached hydrogens (tertiary/aromatic N) is 2. The minimum Gasteiger partial charge on any atom is -0.380 e. The fourth-order valence-electron chi connectivity index (χ4n) is 1.91. The maximum atomic E-state index is 10.7. The highest BCUT2D eigenvalue weighted by Gasteiger charge is 2.08. The van der Waals surface area contributed by atoms with Crippen LogP contribution in [0.2, 0.25) is 0 Å². The van der Waals surface area contributed by atoms with Gasteiger partial charge < -0.3 is 11.1 Å². The maximum Gasteiger partial charge on any atom is 0.239 e.